The molecule has 1 saturated carbocycles. The molecule has 0 aromatic heterocycles. The number of aliphatic carboxylic acids is 1. The van der Waals surface area contributed by atoms with Crippen LogP contribution in [-0.4, -0.2) is 27.9 Å². The van der Waals surface area contributed by atoms with Gasteiger partial charge in [0.2, 0.25) is 5.91 Å². The molecule has 0 aromatic rings. The highest BCUT2D eigenvalue weighted by Crippen LogP contribution is 2.49. The Morgan fingerprint density at radius 2 is 2.18 bits per heavy atom. The van der Waals surface area contributed by atoms with Crippen LogP contribution in [0.15, 0.2) is 11.8 Å². The Morgan fingerprint density at radius 1 is 1.41 bits per heavy atom. The Bertz CT molecular complexity index is 411. The van der Waals surface area contributed by atoms with E-state index in [1.165, 1.54) is 0 Å². The van der Waals surface area contributed by atoms with E-state index in [1.807, 2.05) is 6.08 Å². The topological polar surface area (TPSA) is 57.6 Å². The van der Waals surface area contributed by atoms with Crippen molar-refractivity contribution in [2.45, 2.75) is 51.0 Å². The number of fused-ring (bicyclic) bond motifs is 1. The molecular weight excluding hydrogens is 218 g/mol. The van der Waals surface area contributed by atoms with E-state index < -0.39 is 11.4 Å². The van der Waals surface area contributed by atoms with Crippen molar-refractivity contribution < 1.29 is 14.7 Å². The minimum Gasteiger partial charge on any atom is -0.481 e. The second-order valence-corrected chi connectivity index (χ2v) is 5.36. The molecule has 0 radical (unpaired) electrons. The third kappa shape index (κ3) is 1.50. The molecule has 1 N–H and O–H groups in total. The summed E-state index contributed by atoms with van der Waals surface area (Å²) in [6.07, 6.45) is 7.43. The van der Waals surface area contributed by atoms with E-state index in [-0.39, 0.29) is 11.9 Å². The van der Waals surface area contributed by atoms with Gasteiger partial charge in [-0.3, -0.25) is 9.59 Å². The van der Waals surface area contributed by atoms with Gasteiger partial charge < -0.3 is 10.0 Å². The van der Waals surface area contributed by atoms with Gasteiger partial charge in [0, 0.05) is 18.2 Å². The fourth-order valence-corrected chi connectivity index (χ4v) is 3.18. The van der Waals surface area contributed by atoms with E-state index in [0.717, 1.165) is 31.4 Å². The van der Waals surface area contributed by atoms with Gasteiger partial charge in [-0.25, -0.2) is 0 Å². The fourth-order valence-electron chi connectivity index (χ4n) is 3.18. The van der Waals surface area contributed by atoms with Gasteiger partial charge in [0.05, 0.1) is 0 Å². The first-order valence-electron chi connectivity index (χ1n) is 6.41. The third-order valence-electron chi connectivity index (χ3n) is 4.25. The van der Waals surface area contributed by atoms with Gasteiger partial charge in [-0.1, -0.05) is 6.08 Å². The molecule has 3 aliphatic rings. The summed E-state index contributed by atoms with van der Waals surface area (Å²) in [5, 5.41) is 9.55. The highest BCUT2D eigenvalue weighted by atomic mass is 16.4. The van der Waals surface area contributed by atoms with Crippen LogP contribution < -0.4 is 0 Å². The predicted molar refractivity (Wildman–Crippen MR) is 61.1 cm³/mol. The summed E-state index contributed by atoms with van der Waals surface area (Å²) in [6, 6.07) is 0.283. The lowest BCUT2D eigenvalue weighted by atomic mass is 9.70. The lowest BCUT2D eigenvalue weighted by molar-refractivity contribution is -0.153. The van der Waals surface area contributed by atoms with Crippen molar-refractivity contribution in [3.63, 3.8) is 0 Å². The van der Waals surface area contributed by atoms with Crippen LogP contribution in [-0.2, 0) is 9.59 Å². The van der Waals surface area contributed by atoms with Gasteiger partial charge in [0.15, 0.2) is 0 Å². The van der Waals surface area contributed by atoms with Gasteiger partial charge >= 0.3 is 5.97 Å². The lowest BCUT2D eigenvalue weighted by Crippen LogP contribution is -2.50. The number of carboxylic acid groups (broad SMARTS) is 1. The molecule has 1 aliphatic heterocycles. The summed E-state index contributed by atoms with van der Waals surface area (Å²) < 4.78 is 0. The summed E-state index contributed by atoms with van der Waals surface area (Å²) >= 11 is 0. The number of carbonyl (C=O) groups is 2. The highest BCUT2D eigenvalue weighted by Gasteiger charge is 2.52. The zero-order chi connectivity index (χ0) is 12.0. The van der Waals surface area contributed by atoms with E-state index in [2.05, 4.69) is 0 Å². The van der Waals surface area contributed by atoms with Crippen LogP contribution in [0, 0.1) is 5.41 Å². The lowest BCUT2D eigenvalue weighted by Gasteiger charge is -2.44. The minimum atomic E-state index is -0.769. The molecule has 0 bridgehead atoms. The smallest absolute Gasteiger partial charge is 0.315 e. The number of allylic oxidation sites excluding steroid dienone is 1. The second-order valence-electron chi connectivity index (χ2n) is 5.36. The molecule has 2 fully saturated rings. The molecule has 1 atom stereocenters. The molecule has 1 heterocycles. The average Bonchev–Trinajstić information content (AvgIpc) is 3.13. The van der Waals surface area contributed by atoms with Crippen molar-refractivity contribution in [3.05, 3.63) is 11.8 Å². The van der Waals surface area contributed by atoms with Gasteiger partial charge in [0.1, 0.15) is 5.41 Å². The molecule has 2 aliphatic carbocycles. The zero-order valence-electron chi connectivity index (χ0n) is 9.82. The summed E-state index contributed by atoms with van der Waals surface area (Å²) in [7, 11) is 0. The molecule has 4 nitrogen and oxygen atoms in total. The molecule has 1 amide bonds. The number of likely N-dealkylation sites (tertiary alicyclic amines) is 1. The number of hydrogen-bond donors (Lipinski definition) is 1. The second kappa shape index (κ2) is 3.59. The average molecular weight is 235 g/mol. The van der Waals surface area contributed by atoms with E-state index in [1.54, 1.807) is 4.90 Å². The molecule has 92 valence electrons. The maximum absolute atomic E-state index is 12.0. The molecule has 0 aromatic carbocycles. The number of nitrogens with zero attached hydrogens (tertiary/aromatic N) is 1. The van der Waals surface area contributed by atoms with Crippen molar-refractivity contribution in [1.29, 1.82) is 0 Å². The summed E-state index contributed by atoms with van der Waals surface area (Å²) in [6.45, 7) is 0. The monoisotopic (exact) mass is 235 g/mol. The van der Waals surface area contributed by atoms with Crippen LogP contribution in [0.5, 0.6) is 0 Å². The van der Waals surface area contributed by atoms with Crippen molar-refractivity contribution in [2.75, 3.05) is 0 Å². The molecular formula is C13H17NO3. The van der Waals surface area contributed by atoms with Crippen LogP contribution in [0.3, 0.4) is 0 Å². The number of hydrogen-bond acceptors (Lipinski definition) is 2. The number of piperidine rings is 1. The zero-order valence-corrected chi connectivity index (χ0v) is 9.82. The van der Waals surface area contributed by atoms with E-state index in [0.29, 0.717) is 19.3 Å². The third-order valence-corrected chi connectivity index (χ3v) is 4.25. The van der Waals surface area contributed by atoms with Crippen LogP contribution in [0.2, 0.25) is 0 Å². The normalized spacial score (nSPS) is 33.1. The number of amides is 1. The first-order chi connectivity index (χ1) is 8.15. The van der Waals surface area contributed by atoms with E-state index in [9.17, 15) is 14.7 Å². The standard InChI is InChI=1S/C13H17NO3/c15-11-6-8-13(12(16)17)7-2-1-3-10(13)14(11)9-4-5-9/h3,9H,1-2,4-8H2,(H,16,17)/t13-/m1/s1. The molecule has 0 unspecified atom stereocenters. The maximum Gasteiger partial charge on any atom is 0.315 e. The first-order valence-corrected chi connectivity index (χ1v) is 6.41. The summed E-state index contributed by atoms with van der Waals surface area (Å²) in [5.41, 5.74) is 0.0318. The summed E-state index contributed by atoms with van der Waals surface area (Å²) in [5.74, 6) is -0.626. The molecule has 4 heteroatoms. The minimum absolute atomic E-state index is 0.123. The van der Waals surface area contributed by atoms with Crippen LogP contribution in [0.25, 0.3) is 0 Å². The van der Waals surface area contributed by atoms with Gasteiger partial charge in [-0.2, -0.15) is 0 Å². The van der Waals surface area contributed by atoms with Crippen molar-refractivity contribution in [2.24, 2.45) is 5.41 Å². The van der Waals surface area contributed by atoms with Gasteiger partial charge in [-0.15, -0.1) is 0 Å². The fraction of sp³-hybridized carbons (Fsp3) is 0.692. The Balaban J connectivity index is 2.03. The largest absolute Gasteiger partial charge is 0.481 e. The number of carbonyl (C=O) groups excluding carboxylic acids is 1. The van der Waals surface area contributed by atoms with Gasteiger partial charge in [0.25, 0.3) is 0 Å². The number of carboxylic acids is 1. The molecule has 0 spiro atoms. The van der Waals surface area contributed by atoms with Crippen LogP contribution in [0.4, 0.5) is 0 Å². The Morgan fingerprint density at radius 3 is 2.82 bits per heavy atom. The van der Waals surface area contributed by atoms with Crippen molar-refractivity contribution in [3.8, 4) is 0 Å². The molecule has 3 rings (SSSR count). The Hall–Kier alpha value is -1.32. The predicted octanol–water partition coefficient (Wildman–Crippen LogP) is 1.91. The highest BCUT2D eigenvalue weighted by molar-refractivity contribution is 5.87. The van der Waals surface area contributed by atoms with Crippen molar-refractivity contribution >= 4 is 11.9 Å². The van der Waals surface area contributed by atoms with E-state index in [4.69, 9.17) is 0 Å². The van der Waals surface area contributed by atoms with Crippen LogP contribution in [0.1, 0.15) is 44.9 Å². The van der Waals surface area contributed by atoms with Gasteiger partial charge in [-0.05, 0) is 38.5 Å². The molecule has 17 heavy (non-hydrogen) atoms. The quantitative estimate of drug-likeness (QED) is 0.795. The molecule has 1 saturated heterocycles. The Labute approximate surface area is 100 Å². The van der Waals surface area contributed by atoms with E-state index >= 15 is 0 Å². The Kier molecular flexibility index (Phi) is 2.28. The number of rotatable bonds is 2. The summed E-state index contributed by atoms with van der Waals surface area (Å²) in [4.78, 5) is 25.4. The maximum atomic E-state index is 12.0. The van der Waals surface area contributed by atoms with Crippen molar-refractivity contribution in [1.82, 2.24) is 4.90 Å². The SMILES string of the molecule is O=C1CC[C@]2(C(=O)O)CCCC=C2N1C1CC1. The van der Waals surface area contributed by atoms with Crippen LogP contribution >= 0.6 is 0 Å². The first kappa shape index (κ1) is 10.8.